The van der Waals surface area contributed by atoms with Gasteiger partial charge in [0.1, 0.15) is 40.4 Å². The number of ether oxygens (including phenoxy) is 1. The van der Waals surface area contributed by atoms with Gasteiger partial charge in [0.15, 0.2) is 5.78 Å². The molecule has 33 heavy (non-hydrogen) atoms. The monoisotopic (exact) mass is 458 g/mol. The van der Waals surface area contributed by atoms with E-state index in [0.29, 0.717) is 5.57 Å². The fraction of sp³-hybridized carbons (Fsp3) is 0.400. The molecule has 0 spiro atoms. The van der Waals surface area contributed by atoms with Crippen LogP contribution in [0.2, 0.25) is 0 Å². The molecule has 0 fully saturated rings. The highest BCUT2D eigenvalue weighted by atomic mass is 16.5. The normalized spacial score (nSPS) is 17.7. The van der Waals surface area contributed by atoms with Crippen molar-refractivity contribution in [2.24, 2.45) is 5.92 Å². The summed E-state index contributed by atoms with van der Waals surface area (Å²) in [5.41, 5.74) is -0.210. The molecule has 2 unspecified atom stereocenters. The lowest BCUT2D eigenvalue weighted by Crippen LogP contribution is -2.37. The summed E-state index contributed by atoms with van der Waals surface area (Å²) in [7, 11) is 0. The largest absolute Gasteiger partial charge is 0.508 e. The topological polar surface area (TPSA) is 148 Å². The highest BCUT2D eigenvalue weighted by molar-refractivity contribution is 6.03. The molecule has 2 aromatic carbocycles. The number of phenols is 4. The predicted octanol–water partition coefficient (Wildman–Crippen LogP) is 3.47. The van der Waals surface area contributed by atoms with Crippen molar-refractivity contribution in [2.75, 3.05) is 0 Å². The number of rotatable bonds is 7. The van der Waals surface area contributed by atoms with Crippen molar-refractivity contribution in [1.29, 1.82) is 0 Å². The lowest BCUT2D eigenvalue weighted by molar-refractivity contribution is -0.0563. The van der Waals surface area contributed by atoms with Gasteiger partial charge in [0.25, 0.3) is 0 Å². The Morgan fingerprint density at radius 3 is 2.39 bits per heavy atom. The van der Waals surface area contributed by atoms with Crippen LogP contribution in [0.15, 0.2) is 36.4 Å². The van der Waals surface area contributed by atoms with E-state index in [2.05, 4.69) is 6.58 Å². The molecule has 0 saturated carbocycles. The number of aliphatic hydroxyl groups is 2. The van der Waals surface area contributed by atoms with Gasteiger partial charge < -0.3 is 35.4 Å². The molecular formula is C25H30O8. The molecule has 6 N–H and O–H groups in total. The van der Waals surface area contributed by atoms with E-state index in [9.17, 15) is 35.4 Å². The summed E-state index contributed by atoms with van der Waals surface area (Å²) in [4.78, 5) is 12.9. The van der Waals surface area contributed by atoms with Crippen LogP contribution in [0.1, 0.15) is 61.2 Å². The Labute approximate surface area is 192 Å². The molecule has 0 aromatic heterocycles. The molecule has 1 heterocycles. The van der Waals surface area contributed by atoms with Gasteiger partial charge in [0.05, 0.1) is 18.1 Å². The number of ketones is 1. The second kappa shape index (κ2) is 8.96. The second-order valence-electron chi connectivity index (χ2n) is 9.23. The molecule has 0 aliphatic carbocycles. The molecule has 0 saturated heterocycles. The second-order valence-corrected chi connectivity index (χ2v) is 9.23. The Balaban J connectivity index is 2.03. The van der Waals surface area contributed by atoms with Crippen molar-refractivity contribution >= 4 is 5.78 Å². The number of benzene rings is 2. The molecule has 0 bridgehead atoms. The Hall–Kier alpha value is -3.23. The number of carbonyl (C=O) groups is 1. The first kappa shape index (κ1) is 24.4. The third-order valence-electron chi connectivity index (χ3n) is 6.08. The zero-order valence-corrected chi connectivity index (χ0v) is 18.9. The number of aliphatic hydroxyl groups excluding tert-OH is 1. The Kier molecular flexibility index (Phi) is 6.63. The molecule has 3 rings (SSSR count). The molecule has 8 heteroatoms. The fourth-order valence-electron chi connectivity index (χ4n) is 3.96. The van der Waals surface area contributed by atoms with Crippen LogP contribution in [-0.4, -0.2) is 48.1 Å². The van der Waals surface area contributed by atoms with Crippen LogP contribution < -0.4 is 4.74 Å². The number of Topliss-reactive ketones (excluding diaryl/α,β-unsaturated/α-hetero) is 1. The van der Waals surface area contributed by atoms with Gasteiger partial charge in [-0.15, -0.1) is 0 Å². The number of carbonyl (C=O) groups excluding carboxylic acids is 1. The summed E-state index contributed by atoms with van der Waals surface area (Å²) in [5.74, 6) is -1.94. The van der Waals surface area contributed by atoms with Crippen LogP contribution in [0.4, 0.5) is 0 Å². The number of hydrogen-bond donors (Lipinski definition) is 6. The molecular weight excluding hydrogens is 428 g/mol. The van der Waals surface area contributed by atoms with E-state index in [-0.39, 0.29) is 64.9 Å². The first-order valence-electron chi connectivity index (χ1n) is 10.6. The average Bonchev–Trinajstić information content (AvgIpc) is 2.68. The van der Waals surface area contributed by atoms with Crippen LogP contribution >= 0.6 is 0 Å². The van der Waals surface area contributed by atoms with Gasteiger partial charge in [0.2, 0.25) is 0 Å². The minimum atomic E-state index is -1.35. The number of phenolic OH excluding ortho intramolecular Hbond substituents is 4. The van der Waals surface area contributed by atoms with Crippen molar-refractivity contribution < 1.29 is 40.2 Å². The lowest BCUT2D eigenvalue weighted by atomic mass is 9.83. The van der Waals surface area contributed by atoms with E-state index in [1.807, 2.05) is 0 Å². The minimum absolute atomic E-state index is 0.00905. The van der Waals surface area contributed by atoms with Crippen molar-refractivity contribution in [3.05, 3.63) is 53.1 Å². The highest BCUT2D eigenvalue weighted by Gasteiger charge is 2.36. The van der Waals surface area contributed by atoms with Crippen molar-refractivity contribution in [2.45, 2.75) is 57.8 Å². The molecule has 8 nitrogen and oxygen atoms in total. The van der Waals surface area contributed by atoms with E-state index in [0.717, 1.165) is 12.1 Å². The zero-order chi connectivity index (χ0) is 24.7. The lowest BCUT2D eigenvalue weighted by Gasteiger charge is -2.31. The average molecular weight is 459 g/mol. The van der Waals surface area contributed by atoms with Gasteiger partial charge >= 0.3 is 0 Å². The summed E-state index contributed by atoms with van der Waals surface area (Å²) in [6.07, 6.45) is -1.87. The van der Waals surface area contributed by atoms with Crippen LogP contribution in [0.25, 0.3) is 0 Å². The number of hydrogen-bond acceptors (Lipinski definition) is 8. The molecule has 0 amide bonds. The quantitative estimate of drug-likeness (QED) is 0.346. The molecule has 178 valence electrons. The standard InChI is InChI=1S/C25H30O8/c1-12(2)13(8-22(31)25(3,4)32)7-16-18(28)10-19(29)23-20(30)11-21(33-24(16)23)15-6-5-14(26)9-17(15)27/h5-6,9-10,13,21-22,26-29,31-32H,1,7-8,11H2,2-4H3/t13?,21-,22?/m0/s1. The Bertz CT molecular complexity index is 1080. The van der Waals surface area contributed by atoms with Gasteiger partial charge in [-0.2, -0.15) is 0 Å². The van der Waals surface area contributed by atoms with E-state index < -0.39 is 29.3 Å². The Morgan fingerprint density at radius 2 is 1.82 bits per heavy atom. The van der Waals surface area contributed by atoms with E-state index in [1.54, 1.807) is 6.92 Å². The van der Waals surface area contributed by atoms with E-state index >= 15 is 0 Å². The SMILES string of the molecule is C=C(C)C(Cc1c(O)cc(O)c2c1O[C@H](c1ccc(O)cc1O)CC2=O)CC(O)C(C)(C)O. The molecule has 0 radical (unpaired) electrons. The summed E-state index contributed by atoms with van der Waals surface area (Å²) in [5, 5.41) is 61.3. The van der Waals surface area contributed by atoms with Crippen molar-refractivity contribution in [3.8, 4) is 28.7 Å². The maximum absolute atomic E-state index is 12.9. The molecule has 2 aromatic rings. The number of aromatic hydroxyl groups is 4. The van der Waals surface area contributed by atoms with Gasteiger partial charge in [0, 0.05) is 23.3 Å². The first-order chi connectivity index (χ1) is 15.3. The smallest absolute Gasteiger partial charge is 0.174 e. The van der Waals surface area contributed by atoms with Gasteiger partial charge in [-0.25, -0.2) is 0 Å². The maximum atomic E-state index is 12.9. The predicted molar refractivity (Wildman–Crippen MR) is 121 cm³/mol. The number of allylic oxidation sites excluding steroid dienone is 1. The summed E-state index contributed by atoms with van der Waals surface area (Å²) in [6, 6.07) is 5.01. The maximum Gasteiger partial charge on any atom is 0.174 e. The highest BCUT2D eigenvalue weighted by Crippen LogP contribution is 2.47. The summed E-state index contributed by atoms with van der Waals surface area (Å²) >= 11 is 0. The van der Waals surface area contributed by atoms with Gasteiger partial charge in [-0.1, -0.05) is 12.2 Å². The molecule has 3 atom stereocenters. The number of fused-ring (bicyclic) bond motifs is 1. The first-order valence-corrected chi connectivity index (χ1v) is 10.6. The van der Waals surface area contributed by atoms with Crippen LogP contribution in [-0.2, 0) is 6.42 Å². The summed E-state index contributed by atoms with van der Waals surface area (Å²) < 4.78 is 6.03. The minimum Gasteiger partial charge on any atom is -0.508 e. The Morgan fingerprint density at radius 1 is 1.15 bits per heavy atom. The third kappa shape index (κ3) is 5.07. The van der Waals surface area contributed by atoms with Crippen LogP contribution in [0, 0.1) is 5.92 Å². The van der Waals surface area contributed by atoms with Crippen LogP contribution in [0.5, 0.6) is 28.7 Å². The van der Waals surface area contributed by atoms with E-state index in [4.69, 9.17) is 4.74 Å². The van der Waals surface area contributed by atoms with Gasteiger partial charge in [-0.3, -0.25) is 4.79 Å². The summed E-state index contributed by atoms with van der Waals surface area (Å²) in [6.45, 7) is 8.69. The van der Waals surface area contributed by atoms with Gasteiger partial charge in [-0.05, 0) is 51.7 Å². The van der Waals surface area contributed by atoms with Crippen molar-refractivity contribution in [3.63, 3.8) is 0 Å². The van der Waals surface area contributed by atoms with Crippen LogP contribution in [0.3, 0.4) is 0 Å². The molecule has 1 aliphatic rings. The molecule has 1 aliphatic heterocycles. The van der Waals surface area contributed by atoms with E-state index in [1.165, 1.54) is 26.0 Å². The zero-order valence-electron chi connectivity index (χ0n) is 18.9. The fourth-order valence-corrected chi connectivity index (χ4v) is 3.96. The third-order valence-corrected chi connectivity index (χ3v) is 6.08. The van der Waals surface area contributed by atoms with Crippen molar-refractivity contribution in [1.82, 2.24) is 0 Å².